The lowest BCUT2D eigenvalue weighted by Crippen LogP contribution is -2.19. The van der Waals surface area contributed by atoms with Crippen LogP contribution < -0.4 is 10.1 Å². The Labute approximate surface area is 133 Å². The van der Waals surface area contributed by atoms with Gasteiger partial charge in [-0.2, -0.15) is 0 Å². The second-order valence-corrected chi connectivity index (χ2v) is 5.47. The summed E-state index contributed by atoms with van der Waals surface area (Å²) in [7, 11) is 1.93. The van der Waals surface area contributed by atoms with Crippen LogP contribution in [0.2, 0.25) is 0 Å². The van der Waals surface area contributed by atoms with Gasteiger partial charge in [-0.3, -0.25) is 0 Å². The van der Waals surface area contributed by atoms with Crippen molar-refractivity contribution >= 4 is 12.4 Å². The van der Waals surface area contributed by atoms with E-state index in [0.717, 1.165) is 12.3 Å². The maximum absolute atomic E-state index is 5.66. The summed E-state index contributed by atoms with van der Waals surface area (Å²) in [6, 6.07) is 19.0. The van der Waals surface area contributed by atoms with Gasteiger partial charge < -0.3 is 10.1 Å². The lowest BCUT2D eigenvalue weighted by molar-refractivity contribution is 0.318. The van der Waals surface area contributed by atoms with Crippen LogP contribution in [-0.4, -0.2) is 20.2 Å². The molecule has 0 bridgehead atoms. The van der Waals surface area contributed by atoms with Crippen molar-refractivity contribution < 1.29 is 4.74 Å². The Morgan fingerprint density at radius 1 is 0.905 bits per heavy atom. The van der Waals surface area contributed by atoms with Gasteiger partial charge in [-0.15, -0.1) is 12.4 Å². The molecule has 114 valence electrons. The van der Waals surface area contributed by atoms with E-state index >= 15 is 0 Å². The number of hydrogen-bond acceptors (Lipinski definition) is 2. The van der Waals surface area contributed by atoms with Crippen molar-refractivity contribution in [3.05, 3.63) is 65.7 Å². The fraction of sp³-hybridized carbons (Fsp3) is 0.333. The Morgan fingerprint density at radius 2 is 1.48 bits per heavy atom. The molecule has 0 aliphatic carbocycles. The van der Waals surface area contributed by atoms with Gasteiger partial charge in [0.1, 0.15) is 12.4 Å². The molecule has 0 spiro atoms. The first kappa shape index (κ1) is 17.5. The largest absolute Gasteiger partial charge is 0.492 e. The normalized spacial score (nSPS) is 10.8. The van der Waals surface area contributed by atoms with Gasteiger partial charge in [0.15, 0.2) is 0 Å². The summed E-state index contributed by atoms with van der Waals surface area (Å²) in [5, 5.41) is 3.07. The Hall–Kier alpha value is -1.51. The lowest BCUT2D eigenvalue weighted by Gasteiger charge is -2.26. The maximum atomic E-state index is 5.66. The molecule has 21 heavy (non-hydrogen) atoms. The summed E-state index contributed by atoms with van der Waals surface area (Å²) in [4.78, 5) is 0. The summed E-state index contributed by atoms with van der Waals surface area (Å²) in [5.74, 6) is 0.924. The molecule has 2 rings (SSSR count). The number of hydrogen-bond donors (Lipinski definition) is 1. The molecule has 0 aromatic heterocycles. The van der Waals surface area contributed by atoms with Gasteiger partial charge in [0.05, 0.1) is 0 Å². The molecule has 1 N–H and O–H groups in total. The zero-order valence-electron chi connectivity index (χ0n) is 12.9. The third kappa shape index (κ3) is 4.48. The number of rotatable bonds is 6. The Balaban J connectivity index is 0.00000220. The predicted octanol–water partition coefficient (Wildman–Crippen LogP) is 4.03. The standard InChI is InChI=1S/C18H23NO.ClH/c1-18(2,15-7-5-4-6-8-15)16-9-11-17(12-10-16)20-14-13-19-3;/h4-12,19H,13-14H2,1-3H3;1H. The van der Waals surface area contributed by atoms with Crippen molar-refractivity contribution in [3.8, 4) is 5.75 Å². The van der Waals surface area contributed by atoms with Crippen molar-refractivity contribution in [2.45, 2.75) is 19.3 Å². The predicted molar refractivity (Wildman–Crippen MR) is 91.7 cm³/mol. The number of ether oxygens (including phenoxy) is 1. The third-order valence-corrected chi connectivity index (χ3v) is 3.69. The van der Waals surface area contributed by atoms with Gasteiger partial charge in [0.2, 0.25) is 0 Å². The second kappa shape index (κ2) is 8.06. The lowest BCUT2D eigenvalue weighted by atomic mass is 9.78. The summed E-state index contributed by atoms with van der Waals surface area (Å²) in [5.41, 5.74) is 2.62. The van der Waals surface area contributed by atoms with Crippen molar-refractivity contribution in [3.63, 3.8) is 0 Å². The van der Waals surface area contributed by atoms with Crippen LogP contribution in [0.3, 0.4) is 0 Å². The zero-order valence-corrected chi connectivity index (χ0v) is 13.7. The van der Waals surface area contributed by atoms with Gasteiger partial charge in [-0.1, -0.05) is 56.3 Å². The molecule has 2 nitrogen and oxygen atoms in total. The highest BCUT2D eigenvalue weighted by atomic mass is 35.5. The minimum Gasteiger partial charge on any atom is -0.492 e. The molecule has 0 saturated heterocycles. The highest BCUT2D eigenvalue weighted by Crippen LogP contribution is 2.32. The van der Waals surface area contributed by atoms with E-state index in [-0.39, 0.29) is 17.8 Å². The van der Waals surface area contributed by atoms with Gasteiger partial charge in [0, 0.05) is 12.0 Å². The monoisotopic (exact) mass is 305 g/mol. The molecule has 0 aliphatic heterocycles. The van der Waals surface area contributed by atoms with Crippen LogP contribution in [0.1, 0.15) is 25.0 Å². The van der Waals surface area contributed by atoms with E-state index in [1.807, 2.05) is 7.05 Å². The Bertz CT molecular complexity index is 523. The summed E-state index contributed by atoms with van der Waals surface area (Å²) in [6.45, 7) is 6.05. The molecule has 0 unspecified atom stereocenters. The van der Waals surface area contributed by atoms with Crippen LogP contribution in [0.5, 0.6) is 5.75 Å². The minimum absolute atomic E-state index is 0. The summed E-state index contributed by atoms with van der Waals surface area (Å²) < 4.78 is 5.66. The highest BCUT2D eigenvalue weighted by Gasteiger charge is 2.22. The van der Waals surface area contributed by atoms with Crippen molar-refractivity contribution in [1.29, 1.82) is 0 Å². The van der Waals surface area contributed by atoms with Crippen molar-refractivity contribution in [2.75, 3.05) is 20.2 Å². The van der Waals surface area contributed by atoms with Gasteiger partial charge in [0.25, 0.3) is 0 Å². The SMILES string of the molecule is CNCCOc1ccc(C(C)(C)c2ccccc2)cc1.Cl. The van der Waals surface area contributed by atoms with Crippen LogP contribution in [0.15, 0.2) is 54.6 Å². The van der Waals surface area contributed by atoms with E-state index in [0.29, 0.717) is 6.61 Å². The van der Waals surface area contributed by atoms with E-state index in [9.17, 15) is 0 Å². The highest BCUT2D eigenvalue weighted by molar-refractivity contribution is 5.85. The molecule has 3 heteroatoms. The first-order valence-electron chi connectivity index (χ1n) is 7.08. The Morgan fingerprint density at radius 3 is 2.05 bits per heavy atom. The van der Waals surface area contributed by atoms with Gasteiger partial charge >= 0.3 is 0 Å². The quantitative estimate of drug-likeness (QED) is 0.814. The fourth-order valence-corrected chi connectivity index (χ4v) is 2.26. The van der Waals surface area contributed by atoms with E-state index < -0.39 is 0 Å². The van der Waals surface area contributed by atoms with Crippen molar-refractivity contribution in [2.24, 2.45) is 0 Å². The van der Waals surface area contributed by atoms with E-state index in [1.165, 1.54) is 11.1 Å². The molecule has 0 radical (unpaired) electrons. The molecule has 0 aliphatic rings. The first-order chi connectivity index (χ1) is 9.64. The number of likely N-dealkylation sites (N-methyl/N-ethyl adjacent to an activating group) is 1. The van der Waals surface area contributed by atoms with E-state index in [4.69, 9.17) is 4.74 Å². The molecule has 0 atom stereocenters. The second-order valence-electron chi connectivity index (χ2n) is 5.47. The molecule has 2 aromatic rings. The molecule has 0 saturated carbocycles. The summed E-state index contributed by atoms with van der Waals surface area (Å²) in [6.07, 6.45) is 0. The number of halogens is 1. The molecule has 2 aromatic carbocycles. The minimum atomic E-state index is 0. The molecule has 0 heterocycles. The average Bonchev–Trinajstić information content (AvgIpc) is 2.49. The molecular formula is C18H24ClNO. The average molecular weight is 306 g/mol. The smallest absolute Gasteiger partial charge is 0.119 e. The zero-order chi connectivity index (χ0) is 14.4. The maximum Gasteiger partial charge on any atom is 0.119 e. The topological polar surface area (TPSA) is 21.3 Å². The molecule has 0 amide bonds. The van der Waals surface area contributed by atoms with Crippen LogP contribution in [0.4, 0.5) is 0 Å². The number of benzene rings is 2. The molecule has 0 fully saturated rings. The van der Waals surface area contributed by atoms with Crippen molar-refractivity contribution in [1.82, 2.24) is 5.32 Å². The van der Waals surface area contributed by atoms with Crippen LogP contribution in [-0.2, 0) is 5.41 Å². The number of nitrogens with one attached hydrogen (secondary N) is 1. The molecular weight excluding hydrogens is 282 g/mol. The van der Waals surface area contributed by atoms with Gasteiger partial charge in [-0.05, 0) is 30.3 Å². The first-order valence-corrected chi connectivity index (χ1v) is 7.08. The third-order valence-electron chi connectivity index (χ3n) is 3.69. The fourth-order valence-electron chi connectivity index (χ4n) is 2.26. The summed E-state index contributed by atoms with van der Waals surface area (Å²) >= 11 is 0. The van der Waals surface area contributed by atoms with E-state index in [2.05, 4.69) is 73.8 Å². The van der Waals surface area contributed by atoms with E-state index in [1.54, 1.807) is 0 Å². The van der Waals surface area contributed by atoms with Crippen LogP contribution in [0, 0.1) is 0 Å². The Kier molecular flexibility index (Phi) is 6.73. The van der Waals surface area contributed by atoms with Crippen LogP contribution >= 0.6 is 12.4 Å². The van der Waals surface area contributed by atoms with Gasteiger partial charge in [-0.25, -0.2) is 0 Å². The van der Waals surface area contributed by atoms with Crippen LogP contribution in [0.25, 0.3) is 0 Å².